The fourth-order valence-corrected chi connectivity index (χ4v) is 2.19. The van der Waals surface area contributed by atoms with Crippen molar-refractivity contribution in [1.29, 1.82) is 0 Å². The summed E-state index contributed by atoms with van der Waals surface area (Å²) in [5.74, 6) is -0.387. The Morgan fingerprint density at radius 2 is 2.08 bits per heavy atom. The summed E-state index contributed by atoms with van der Waals surface area (Å²) in [4.78, 5) is 24.1. The summed E-state index contributed by atoms with van der Waals surface area (Å²) in [5.41, 5.74) is 6.89. The van der Waals surface area contributed by atoms with E-state index in [0.717, 1.165) is 26.0 Å². The standard InChI is InChI=1S/C17H27BN3O3/c1-5-12-7-6-8-13(10-9-12)11-14(15(22)21-18-19)20-16(23)24-17(2,3)4/h6,8-10,14H,5,7,11,19H2,1-4H3,(H,20,23)(H,21,22). The molecule has 4 N–H and O–H groups in total. The van der Waals surface area contributed by atoms with Gasteiger partial charge in [0, 0.05) is 6.42 Å². The number of nitrogens with two attached hydrogens (primary N) is 1. The number of amides is 2. The van der Waals surface area contributed by atoms with Crippen LogP contribution in [0.5, 0.6) is 0 Å². The molecule has 1 atom stereocenters. The van der Waals surface area contributed by atoms with Gasteiger partial charge in [0.2, 0.25) is 5.91 Å². The van der Waals surface area contributed by atoms with Gasteiger partial charge in [-0.2, -0.15) is 0 Å². The zero-order chi connectivity index (χ0) is 18.2. The molecule has 0 heterocycles. The molecule has 0 saturated carbocycles. The van der Waals surface area contributed by atoms with Crippen LogP contribution in [0.15, 0.2) is 35.5 Å². The number of hydrogen-bond donors (Lipinski definition) is 3. The predicted molar refractivity (Wildman–Crippen MR) is 96.1 cm³/mol. The maximum Gasteiger partial charge on any atom is 0.408 e. The summed E-state index contributed by atoms with van der Waals surface area (Å²) in [5, 5.41) is 5.02. The largest absolute Gasteiger partial charge is 0.444 e. The lowest BCUT2D eigenvalue weighted by molar-refractivity contribution is -0.121. The maximum absolute atomic E-state index is 12.2. The Bertz CT molecular complexity index is 548. The Labute approximate surface area is 144 Å². The van der Waals surface area contributed by atoms with Crippen LogP contribution in [-0.4, -0.2) is 31.2 Å². The van der Waals surface area contributed by atoms with Crippen LogP contribution < -0.4 is 16.2 Å². The second-order valence-corrected chi connectivity index (χ2v) is 6.60. The summed E-state index contributed by atoms with van der Waals surface area (Å²) in [7, 11) is 1.05. The molecule has 1 radical (unpaired) electrons. The highest BCUT2D eigenvalue weighted by molar-refractivity contribution is 6.33. The smallest absolute Gasteiger partial charge is 0.408 e. The van der Waals surface area contributed by atoms with Crippen LogP contribution in [0.25, 0.3) is 0 Å². The summed E-state index contributed by atoms with van der Waals surface area (Å²) in [6.45, 7) is 7.41. The molecule has 0 saturated heterocycles. The lowest BCUT2D eigenvalue weighted by Gasteiger charge is -2.23. The van der Waals surface area contributed by atoms with E-state index in [1.165, 1.54) is 5.57 Å². The second-order valence-electron chi connectivity index (χ2n) is 6.60. The maximum atomic E-state index is 12.2. The average molecular weight is 332 g/mol. The van der Waals surface area contributed by atoms with Gasteiger partial charge in [0.25, 0.3) is 0 Å². The molecule has 7 heteroatoms. The van der Waals surface area contributed by atoms with Crippen LogP contribution in [-0.2, 0) is 9.53 Å². The average Bonchev–Trinajstić information content (AvgIpc) is 2.70. The third-order valence-electron chi connectivity index (χ3n) is 3.37. The zero-order valence-electron chi connectivity index (χ0n) is 14.9. The van der Waals surface area contributed by atoms with Gasteiger partial charge in [-0.3, -0.25) is 4.79 Å². The van der Waals surface area contributed by atoms with E-state index < -0.39 is 17.7 Å². The molecule has 0 bridgehead atoms. The molecule has 0 aromatic heterocycles. The van der Waals surface area contributed by atoms with Crippen molar-refractivity contribution in [3.05, 3.63) is 35.5 Å². The Balaban J connectivity index is 2.83. The summed E-state index contributed by atoms with van der Waals surface area (Å²) in [6, 6.07) is -0.771. The van der Waals surface area contributed by atoms with Crippen LogP contribution in [0, 0.1) is 0 Å². The van der Waals surface area contributed by atoms with Gasteiger partial charge < -0.3 is 20.9 Å². The minimum atomic E-state index is -0.771. The van der Waals surface area contributed by atoms with Crippen molar-refractivity contribution in [1.82, 2.24) is 10.5 Å². The molecule has 0 fully saturated rings. The van der Waals surface area contributed by atoms with Gasteiger partial charge in [0.05, 0.1) is 0 Å². The molecule has 131 valence electrons. The molecule has 6 nitrogen and oxygen atoms in total. The third-order valence-corrected chi connectivity index (χ3v) is 3.37. The predicted octanol–water partition coefficient (Wildman–Crippen LogP) is 2.10. The van der Waals surface area contributed by atoms with E-state index in [1.807, 2.05) is 12.2 Å². The molecule has 1 unspecified atom stereocenters. The Morgan fingerprint density at radius 3 is 2.67 bits per heavy atom. The van der Waals surface area contributed by atoms with Gasteiger partial charge in [-0.1, -0.05) is 36.8 Å². The van der Waals surface area contributed by atoms with Crippen molar-refractivity contribution in [2.75, 3.05) is 0 Å². The van der Waals surface area contributed by atoms with E-state index in [1.54, 1.807) is 20.8 Å². The van der Waals surface area contributed by atoms with Gasteiger partial charge in [-0.05, 0) is 39.2 Å². The van der Waals surface area contributed by atoms with Crippen LogP contribution in [0.3, 0.4) is 0 Å². The van der Waals surface area contributed by atoms with Gasteiger partial charge in [-0.15, -0.1) is 0 Å². The lowest BCUT2D eigenvalue weighted by Crippen LogP contribution is -2.50. The number of carbonyl (C=O) groups is 2. The summed E-state index contributed by atoms with van der Waals surface area (Å²) < 4.78 is 5.22. The quantitative estimate of drug-likeness (QED) is 0.649. The molecule has 0 spiro atoms. The van der Waals surface area contributed by atoms with Crippen LogP contribution in [0.1, 0.15) is 47.0 Å². The molecule has 1 aliphatic carbocycles. The Hall–Kier alpha value is -2.02. The minimum Gasteiger partial charge on any atom is -0.444 e. The van der Waals surface area contributed by atoms with Gasteiger partial charge in [0.1, 0.15) is 11.6 Å². The molecule has 1 rings (SSSR count). The van der Waals surface area contributed by atoms with Gasteiger partial charge in [0.15, 0.2) is 0 Å². The third kappa shape index (κ3) is 7.50. The van der Waals surface area contributed by atoms with E-state index in [9.17, 15) is 9.59 Å². The topological polar surface area (TPSA) is 93.4 Å². The van der Waals surface area contributed by atoms with Gasteiger partial charge in [-0.25, -0.2) is 4.79 Å². The zero-order valence-corrected chi connectivity index (χ0v) is 14.9. The number of nitrogens with one attached hydrogen (secondary N) is 2. The summed E-state index contributed by atoms with van der Waals surface area (Å²) >= 11 is 0. The molecule has 0 aliphatic heterocycles. The van der Waals surface area contributed by atoms with E-state index >= 15 is 0 Å². The highest BCUT2D eigenvalue weighted by Gasteiger charge is 2.24. The van der Waals surface area contributed by atoms with Crippen molar-refractivity contribution in [3.63, 3.8) is 0 Å². The molecular formula is C17H27BN3O3. The van der Waals surface area contributed by atoms with Crippen molar-refractivity contribution < 1.29 is 14.3 Å². The molecule has 1 aliphatic rings. The number of ether oxygens (including phenoxy) is 1. The molecule has 2 amide bonds. The van der Waals surface area contributed by atoms with Crippen LogP contribution in [0.2, 0.25) is 0 Å². The fourth-order valence-electron chi connectivity index (χ4n) is 2.19. The van der Waals surface area contributed by atoms with Crippen molar-refractivity contribution >= 4 is 19.5 Å². The van der Waals surface area contributed by atoms with E-state index in [4.69, 9.17) is 10.4 Å². The molecule has 24 heavy (non-hydrogen) atoms. The lowest BCUT2D eigenvalue weighted by atomic mass is 10.0. The first-order chi connectivity index (χ1) is 11.2. The first-order valence-electron chi connectivity index (χ1n) is 8.13. The van der Waals surface area contributed by atoms with E-state index in [0.29, 0.717) is 6.42 Å². The fraction of sp³-hybridized carbons (Fsp3) is 0.529. The molecule has 0 aromatic rings. The number of carbonyl (C=O) groups excluding carboxylic acids is 2. The van der Waals surface area contributed by atoms with Gasteiger partial charge >= 0.3 is 13.6 Å². The van der Waals surface area contributed by atoms with Crippen molar-refractivity contribution in [3.8, 4) is 0 Å². The summed E-state index contributed by atoms with van der Waals surface area (Å²) in [6.07, 6.45) is 9.66. The molecule has 0 aromatic carbocycles. The second kappa shape index (κ2) is 9.32. The number of alkyl carbamates (subject to hydrolysis) is 1. The normalized spacial score (nSPS) is 15.5. The Morgan fingerprint density at radius 1 is 1.38 bits per heavy atom. The van der Waals surface area contributed by atoms with Crippen molar-refractivity contribution in [2.45, 2.75) is 58.6 Å². The van der Waals surface area contributed by atoms with Crippen LogP contribution in [0.4, 0.5) is 4.79 Å². The highest BCUT2D eigenvalue weighted by atomic mass is 16.6. The number of rotatable bonds is 6. The minimum absolute atomic E-state index is 0.350. The van der Waals surface area contributed by atoms with Crippen molar-refractivity contribution in [2.24, 2.45) is 5.64 Å². The molecular weight excluding hydrogens is 305 g/mol. The van der Waals surface area contributed by atoms with E-state index in [-0.39, 0.29) is 5.91 Å². The number of hydrogen-bond acceptors (Lipinski definition) is 4. The monoisotopic (exact) mass is 332 g/mol. The first kappa shape index (κ1) is 20.0. The van der Waals surface area contributed by atoms with Crippen LogP contribution >= 0.6 is 0 Å². The van der Waals surface area contributed by atoms with E-state index in [2.05, 4.69) is 29.6 Å². The number of allylic oxidation sites excluding steroid dienone is 5. The first-order valence-corrected chi connectivity index (χ1v) is 8.13. The Kier molecular flexibility index (Phi) is 7.78. The SMILES string of the molecule is CCC1=CC=C(CC(NC(=O)OC(C)(C)C)C(=O)N[B]N)C=CC1. The highest BCUT2D eigenvalue weighted by Crippen LogP contribution is 2.17.